The number of thiophene rings is 1. The Morgan fingerprint density at radius 1 is 1.38 bits per heavy atom. The van der Waals surface area contributed by atoms with Crippen LogP contribution in [0.4, 0.5) is 5.95 Å². The summed E-state index contributed by atoms with van der Waals surface area (Å²) in [5.41, 5.74) is 2.35. The van der Waals surface area contributed by atoms with Gasteiger partial charge in [-0.2, -0.15) is 0 Å². The van der Waals surface area contributed by atoms with E-state index in [-0.39, 0.29) is 18.0 Å². The van der Waals surface area contributed by atoms with Gasteiger partial charge >= 0.3 is 0 Å². The number of nitrogens with one attached hydrogen (secondary N) is 1. The van der Waals surface area contributed by atoms with Crippen molar-refractivity contribution < 1.29 is 4.79 Å². The van der Waals surface area contributed by atoms with E-state index in [2.05, 4.69) is 27.2 Å². The average Bonchev–Trinajstić information content (AvgIpc) is 3.30. The van der Waals surface area contributed by atoms with Crippen molar-refractivity contribution >= 4 is 33.4 Å². The maximum absolute atomic E-state index is 13.1. The van der Waals surface area contributed by atoms with E-state index in [0.717, 1.165) is 35.2 Å². The van der Waals surface area contributed by atoms with Crippen LogP contribution in [0.25, 0.3) is 10.2 Å². The number of rotatable bonds is 4. The summed E-state index contributed by atoms with van der Waals surface area (Å²) < 4.78 is 0.855. The molecule has 3 aromatic rings. The molecule has 1 saturated heterocycles. The van der Waals surface area contributed by atoms with Crippen molar-refractivity contribution in [1.29, 1.82) is 0 Å². The van der Waals surface area contributed by atoms with Gasteiger partial charge < -0.3 is 10.2 Å². The molecule has 4 heterocycles. The Kier molecular flexibility index (Phi) is 4.55. The van der Waals surface area contributed by atoms with E-state index < -0.39 is 0 Å². The van der Waals surface area contributed by atoms with Gasteiger partial charge in [0.05, 0.1) is 16.3 Å². The first kappa shape index (κ1) is 16.9. The lowest BCUT2D eigenvalue weighted by Gasteiger charge is -2.21. The maximum atomic E-state index is 13.1. The van der Waals surface area contributed by atoms with Gasteiger partial charge in [-0.1, -0.05) is 6.07 Å². The van der Waals surface area contributed by atoms with Gasteiger partial charge in [-0.3, -0.25) is 9.78 Å². The van der Waals surface area contributed by atoms with Crippen LogP contribution >= 0.6 is 11.3 Å². The first-order valence-corrected chi connectivity index (χ1v) is 9.74. The molecule has 1 unspecified atom stereocenters. The fourth-order valence-electron chi connectivity index (χ4n) is 3.35. The molecule has 1 aliphatic heterocycles. The molecule has 7 heteroatoms. The number of anilines is 1. The van der Waals surface area contributed by atoms with Crippen LogP contribution in [0.15, 0.2) is 36.0 Å². The number of likely N-dealkylation sites (tertiary alicyclic amines) is 1. The third-order valence-corrected chi connectivity index (χ3v) is 5.76. The van der Waals surface area contributed by atoms with Crippen LogP contribution in [0, 0.1) is 0 Å². The largest absolute Gasteiger partial charge is 0.348 e. The fourth-order valence-corrected chi connectivity index (χ4v) is 4.17. The minimum Gasteiger partial charge on any atom is -0.348 e. The summed E-state index contributed by atoms with van der Waals surface area (Å²) in [5, 5.41) is 5.27. The van der Waals surface area contributed by atoms with Crippen LogP contribution in [0.2, 0.25) is 0 Å². The van der Waals surface area contributed by atoms with Crippen molar-refractivity contribution in [3.05, 3.63) is 47.2 Å². The van der Waals surface area contributed by atoms with Gasteiger partial charge in [0.25, 0.3) is 5.91 Å². The number of pyridine rings is 1. The summed E-state index contributed by atoms with van der Waals surface area (Å²) in [5.74, 6) is 0.476. The number of fused-ring (bicyclic) bond motifs is 1. The summed E-state index contributed by atoms with van der Waals surface area (Å²) in [6.07, 6.45) is 5.67. The molecule has 1 fully saturated rings. The SMILES string of the molecule is CC(Nc1nc(C(=O)N2CCC[C@@H]2C)c2sccc2n1)c1cccnc1. The lowest BCUT2D eigenvalue weighted by molar-refractivity contribution is 0.0744. The fraction of sp³-hybridized carbons (Fsp3) is 0.368. The van der Waals surface area contributed by atoms with Crippen molar-refractivity contribution in [2.45, 2.75) is 38.8 Å². The van der Waals surface area contributed by atoms with Crippen LogP contribution in [0.1, 0.15) is 48.8 Å². The zero-order chi connectivity index (χ0) is 18.1. The van der Waals surface area contributed by atoms with Crippen LogP contribution < -0.4 is 5.32 Å². The first-order chi connectivity index (χ1) is 12.6. The van der Waals surface area contributed by atoms with Gasteiger partial charge in [0.2, 0.25) is 5.95 Å². The topological polar surface area (TPSA) is 71.0 Å². The molecule has 6 nitrogen and oxygen atoms in total. The van der Waals surface area contributed by atoms with Gasteiger partial charge in [-0.05, 0) is 49.8 Å². The summed E-state index contributed by atoms with van der Waals surface area (Å²) in [6, 6.07) is 6.10. The molecule has 1 amide bonds. The predicted molar refractivity (Wildman–Crippen MR) is 103 cm³/mol. The van der Waals surface area contributed by atoms with E-state index in [1.54, 1.807) is 6.20 Å². The molecule has 1 aliphatic rings. The second kappa shape index (κ2) is 6.99. The van der Waals surface area contributed by atoms with Crippen molar-refractivity contribution in [2.24, 2.45) is 0 Å². The van der Waals surface area contributed by atoms with Crippen molar-refractivity contribution in [3.8, 4) is 0 Å². The number of nitrogens with zero attached hydrogens (tertiary/aromatic N) is 4. The van der Waals surface area contributed by atoms with Gasteiger partial charge in [-0.25, -0.2) is 9.97 Å². The Labute approximate surface area is 156 Å². The summed E-state index contributed by atoms with van der Waals surface area (Å²) in [7, 11) is 0. The van der Waals surface area contributed by atoms with Crippen molar-refractivity contribution in [3.63, 3.8) is 0 Å². The highest BCUT2D eigenvalue weighted by Gasteiger charge is 2.29. The Morgan fingerprint density at radius 3 is 3.00 bits per heavy atom. The highest BCUT2D eigenvalue weighted by molar-refractivity contribution is 7.17. The maximum Gasteiger partial charge on any atom is 0.274 e. The van der Waals surface area contributed by atoms with Gasteiger partial charge in [0.1, 0.15) is 0 Å². The second-order valence-corrected chi connectivity index (χ2v) is 7.59. The standard InChI is InChI=1S/C19H21N5OS/c1-12-5-4-9-24(12)18(25)16-17-15(7-10-26-17)22-19(23-16)21-13(2)14-6-3-8-20-11-14/h3,6-8,10-13H,4-5,9H2,1-2H3,(H,21,22,23)/t12-,13?/m0/s1. The summed E-state index contributed by atoms with van der Waals surface area (Å²) in [4.78, 5) is 28.3. The molecular weight excluding hydrogens is 346 g/mol. The normalized spacial score (nSPS) is 18.2. The van der Waals surface area contributed by atoms with Crippen LogP contribution in [0.5, 0.6) is 0 Å². The minimum atomic E-state index is -0.00607. The molecule has 0 radical (unpaired) electrons. The third kappa shape index (κ3) is 3.14. The molecule has 2 atom stereocenters. The highest BCUT2D eigenvalue weighted by Crippen LogP contribution is 2.28. The lowest BCUT2D eigenvalue weighted by atomic mass is 10.1. The Balaban J connectivity index is 1.67. The number of aromatic nitrogens is 3. The predicted octanol–water partition coefficient (Wildman–Crippen LogP) is 3.88. The van der Waals surface area contributed by atoms with Crippen molar-refractivity contribution in [2.75, 3.05) is 11.9 Å². The highest BCUT2D eigenvalue weighted by atomic mass is 32.1. The van der Waals surface area contributed by atoms with E-state index in [1.165, 1.54) is 11.3 Å². The molecule has 1 N–H and O–H groups in total. The molecule has 4 rings (SSSR count). The minimum absolute atomic E-state index is 0.00179. The molecule has 134 valence electrons. The molecule has 0 bridgehead atoms. The number of carbonyl (C=O) groups excluding carboxylic acids is 1. The van der Waals surface area contributed by atoms with E-state index in [1.807, 2.05) is 41.6 Å². The number of hydrogen-bond donors (Lipinski definition) is 1. The molecule has 3 aromatic heterocycles. The monoisotopic (exact) mass is 367 g/mol. The summed E-state index contributed by atoms with van der Waals surface area (Å²) >= 11 is 1.52. The van der Waals surface area contributed by atoms with Crippen molar-refractivity contribution in [1.82, 2.24) is 19.9 Å². The summed E-state index contributed by atoms with van der Waals surface area (Å²) in [6.45, 7) is 4.93. The van der Waals surface area contributed by atoms with Gasteiger partial charge in [-0.15, -0.1) is 11.3 Å². The molecule has 0 aliphatic carbocycles. The smallest absolute Gasteiger partial charge is 0.274 e. The molecule has 26 heavy (non-hydrogen) atoms. The molecular formula is C19H21N5OS. The number of amides is 1. The number of hydrogen-bond acceptors (Lipinski definition) is 6. The zero-order valence-electron chi connectivity index (χ0n) is 14.8. The number of carbonyl (C=O) groups is 1. The third-order valence-electron chi connectivity index (χ3n) is 4.85. The Hall–Kier alpha value is -2.54. The molecule has 0 aromatic carbocycles. The van der Waals surface area contributed by atoms with E-state index in [4.69, 9.17) is 0 Å². The Bertz CT molecular complexity index is 926. The second-order valence-electron chi connectivity index (χ2n) is 6.67. The first-order valence-electron chi connectivity index (χ1n) is 8.86. The van der Waals surface area contributed by atoms with E-state index in [9.17, 15) is 4.79 Å². The lowest BCUT2D eigenvalue weighted by Crippen LogP contribution is -2.34. The zero-order valence-corrected chi connectivity index (χ0v) is 15.7. The Morgan fingerprint density at radius 2 is 2.27 bits per heavy atom. The quantitative estimate of drug-likeness (QED) is 0.758. The van der Waals surface area contributed by atoms with Crippen LogP contribution in [0.3, 0.4) is 0 Å². The molecule has 0 saturated carbocycles. The van der Waals surface area contributed by atoms with Crippen LogP contribution in [-0.2, 0) is 0 Å². The molecule has 0 spiro atoms. The van der Waals surface area contributed by atoms with E-state index >= 15 is 0 Å². The van der Waals surface area contributed by atoms with Gasteiger partial charge in [0, 0.05) is 25.0 Å². The average molecular weight is 367 g/mol. The van der Waals surface area contributed by atoms with Crippen LogP contribution in [-0.4, -0.2) is 38.3 Å². The van der Waals surface area contributed by atoms with E-state index in [0.29, 0.717) is 11.6 Å². The van der Waals surface area contributed by atoms with Gasteiger partial charge in [0.15, 0.2) is 5.69 Å².